The van der Waals surface area contributed by atoms with E-state index in [1.165, 1.54) is 16.7 Å². The summed E-state index contributed by atoms with van der Waals surface area (Å²) in [7, 11) is 0. The highest BCUT2D eigenvalue weighted by molar-refractivity contribution is 8.00. The summed E-state index contributed by atoms with van der Waals surface area (Å²) in [6.07, 6.45) is 0. The molecule has 2 fully saturated rings. The topological polar surface area (TPSA) is 113 Å². The zero-order valence-electron chi connectivity index (χ0n) is 12.7. The fraction of sp³-hybridized carbons (Fsp3) is 0.312. The monoisotopic (exact) mass is 347 g/mol. The minimum Gasteiger partial charge on any atom is -0.479 e. The molecule has 0 radical (unpaired) electrons. The number of β-lactam (4-membered cyclic amide) rings is 1. The second-order valence-electron chi connectivity index (χ2n) is 5.72. The summed E-state index contributed by atoms with van der Waals surface area (Å²) in [6.45, 7) is 3.72. The molecule has 126 valence electrons. The number of carboxylic acids is 1. The van der Waals surface area contributed by atoms with E-state index in [0.717, 1.165) is 0 Å². The third kappa shape index (κ3) is 2.67. The van der Waals surface area contributed by atoms with Crippen LogP contribution in [0.25, 0.3) is 0 Å². The molecule has 4 N–H and O–H groups in total. The number of nitrogens with two attached hydrogens (primary N) is 1. The molecular weight excluding hydrogens is 330 g/mol. The average Bonchev–Trinajstić information content (AvgIpc) is 2.59. The first-order chi connectivity index (χ1) is 11.4. The third-order valence-corrected chi connectivity index (χ3v) is 5.54. The molecule has 2 saturated heterocycles. The second kappa shape index (κ2) is 6.29. The van der Waals surface area contributed by atoms with Crippen LogP contribution in [0.1, 0.15) is 11.6 Å². The first-order valence-corrected chi connectivity index (χ1v) is 8.42. The number of rotatable bonds is 4. The van der Waals surface area contributed by atoms with E-state index in [2.05, 4.69) is 11.9 Å². The average molecular weight is 347 g/mol. The lowest BCUT2D eigenvalue weighted by atomic mass is 9.98. The van der Waals surface area contributed by atoms with Crippen LogP contribution in [0.5, 0.6) is 0 Å². The minimum atomic E-state index is -1.11. The van der Waals surface area contributed by atoms with Gasteiger partial charge in [-0.1, -0.05) is 36.9 Å². The number of thioether (sulfide) groups is 1. The molecule has 1 aromatic rings. The molecule has 0 aliphatic carbocycles. The van der Waals surface area contributed by atoms with Crippen LogP contribution in [0.3, 0.4) is 0 Å². The van der Waals surface area contributed by atoms with Gasteiger partial charge in [-0.05, 0) is 11.1 Å². The van der Waals surface area contributed by atoms with E-state index in [0.29, 0.717) is 16.9 Å². The van der Waals surface area contributed by atoms with E-state index in [9.17, 15) is 19.5 Å². The van der Waals surface area contributed by atoms with Gasteiger partial charge in [0.05, 0.1) is 0 Å². The van der Waals surface area contributed by atoms with Crippen LogP contribution in [0, 0.1) is 0 Å². The SMILES string of the molecule is C=C1CSC2C(NC(=O)C(N)c3ccccc3)C(=O)N2C1C(=O)O. The summed E-state index contributed by atoms with van der Waals surface area (Å²) in [5, 5.41) is 11.5. The van der Waals surface area contributed by atoms with Crippen LogP contribution < -0.4 is 11.1 Å². The Labute approximate surface area is 142 Å². The van der Waals surface area contributed by atoms with Crippen molar-refractivity contribution >= 4 is 29.5 Å². The minimum absolute atomic E-state index is 0.406. The maximum absolute atomic E-state index is 12.3. The maximum Gasteiger partial charge on any atom is 0.330 e. The Morgan fingerprint density at radius 2 is 2.04 bits per heavy atom. The van der Waals surface area contributed by atoms with Gasteiger partial charge in [0.2, 0.25) is 11.8 Å². The smallest absolute Gasteiger partial charge is 0.330 e. The van der Waals surface area contributed by atoms with E-state index >= 15 is 0 Å². The summed E-state index contributed by atoms with van der Waals surface area (Å²) >= 11 is 1.39. The maximum atomic E-state index is 12.3. The molecule has 0 saturated carbocycles. The first-order valence-electron chi connectivity index (χ1n) is 7.37. The fourth-order valence-corrected chi connectivity index (χ4v) is 4.19. The van der Waals surface area contributed by atoms with Crippen LogP contribution >= 0.6 is 11.8 Å². The Balaban J connectivity index is 1.69. The molecule has 1 aromatic carbocycles. The fourth-order valence-electron chi connectivity index (χ4n) is 2.89. The van der Waals surface area contributed by atoms with Gasteiger partial charge in [0, 0.05) is 5.75 Å². The van der Waals surface area contributed by atoms with Crippen molar-refractivity contribution in [1.82, 2.24) is 10.2 Å². The number of carbonyl (C=O) groups excluding carboxylic acids is 2. The van der Waals surface area contributed by atoms with Gasteiger partial charge in [0.25, 0.3) is 0 Å². The highest BCUT2D eigenvalue weighted by Gasteiger charge is 2.56. The molecule has 3 rings (SSSR count). The Morgan fingerprint density at radius 3 is 2.67 bits per heavy atom. The molecule has 8 heteroatoms. The van der Waals surface area contributed by atoms with E-state index < -0.39 is 41.3 Å². The predicted octanol–water partition coefficient (Wildman–Crippen LogP) is 0.0957. The molecule has 0 aromatic heterocycles. The van der Waals surface area contributed by atoms with E-state index in [4.69, 9.17) is 5.73 Å². The van der Waals surface area contributed by atoms with Gasteiger partial charge in [-0.2, -0.15) is 0 Å². The molecule has 0 bridgehead atoms. The second-order valence-corrected chi connectivity index (χ2v) is 6.83. The molecule has 0 spiro atoms. The third-order valence-electron chi connectivity index (χ3n) is 4.16. The summed E-state index contributed by atoms with van der Waals surface area (Å²) < 4.78 is 0. The quantitative estimate of drug-likeness (QED) is 0.526. The van der Waals surface area contributed by atoms with Crippen molar-refractivity contribution in [3.63, 3.8) is 0 Å². The lowest BCUT2D eigenvalue weighted by Crippen LogP contribution is -2.74. The molecule has 4 atom stereocenters. The first kappa shape index (κ1) is 16.5. The number of amides is 2. The van der Waals surface area contributed by atoms with Crippen molar-refractivity contribution in [2.45, 2.75) is 23.5 Å². The summed E-state index contributed by atoms with van der Waals surface area (Å²) in [6, 6.07) is 6.17. The number of nitrogens with one attached hydrogen (secondary N) is 1. The molecule has 2 aliphatic rings. The molecular formula is C16H17N3O4S. The Hall–Kier alpha value is -2.32. The van der Waals surface area contributed by atoms with Crippen LogP contribution in [0.2, 0.25) is 0 Å². The van der Waals surface area contributed by atoms with Crippen LogP contribution in [0.4, 0.5) is 0 Å². The highest BCUT2D eigenvalue weighted by Crippen LogP contribution is 2.40. The largest absolute Gasteiger partial charge is 0.479 e. The van der Waals surface area contributed by atoms with Gasteiger partial charge < -0.3 is 21.1 Å². The molecule has 2 aliphatic heterocycles. The molecule has 4 unspecified atom stereocenters. The zero-order chi connectivity index (χ0) is 17.4. The zero-order valence-corrected chi connectivity index (χ0v) is 13.5. The van der Waals surface area contributed by atoms with Gasteiger partial charge in [-0.15, -0.1) is 11.8 Å². The normalized spacial score (nSPS) is 27.0. The molecule has 2 amide bonds. The molecule has 2 heterocycles. The van der Waals surface area contributed by atoms with Crippen molar-refractivity contribution in [2.75, 3.05) is 5.75 Å². The highest BCUT2D eigenvalue weighted by atomic mass is 32.2. The lowest BCUT2D eigenvalue weighted by Gasteiger charge is -2.52. The molecule has 24 heavy (non-hydrogen) atoms. The standard InChI is InChI=1S/C16H17N3O4S/c1-8-7-24-15-11(14(21)19(15)12(8)16(22)23)18-13(20)10(17)9-5-3-2-4-6-9/h2-6,10-12,15H,1,7,17H2,(H,18,20)(H,22,23). The van der Waals surface area contributed by atoms with Crippen LogP contribution in [-0.4, -0.2) is 51.0 Å². The van der Waals surface area contributed by atoms with Crippen LogP contribution in [0.15, 0.2) is 42.5 Å². The van der Waals surface area contributed by atoms with Gasteiger partial charge >= 0.3 is 5.97 Å². The number of hydrogen-bond donors (Lipinski definition) is 3. The number of hydrogen-bond acceptors (Lipinski definition) is 5. The summed E-state index contributed by atoms with van der Waals surface area (Å²) in [4.78, 5) is 37.2. The van der Waals surface area contributed by atoms with Gasteiger partial charge in [0.1, 0.15) is 17.5 Å². The number of carbonyl (C=O) groups is 3. The van der Waals surface area contributed by atoms with Gasteiger partial charge in [-0.3, -0.25) is 9.59 Å². The Bertz CT molecular complexity index is 709. The van der Waals surface area contributed by atoms with E-state index in [1.54, 1.807) is 24.3 Å². The van der Waals surface area contributed by atoms with Gasteiger partial charge in [0.15, 0.2) is 6.04 Å². The summed E-state index contributed by atoms with van der Waals surface area (Å²) in [5.74, 6) is -1.56. The van der Waals surface area contributed by atoms with Crippen molar-refractivity contribution in [1.29, 1.82) is 0 Å². The van der Waals surface area contributed by atoms with Crippen molar-refractivity contribution in [3.8, 4) is 0 Å². The number of benzene rings is 1. The van der Waals surface area contributed by atoms with E-state index in [1.807, 2.05) is 6.07 Å². The molecule has 7 nitrogen and oxygen atoms in total. The predicted molar refractivity (Wildman–Crippen MR) is 89.0 cm³/mol. The van der Waals surface area contributed by atoms with Gasteiger partial charge in [-0.25, -0.2) is 4.79 Å². The van der Waals surface area contributed by atoms with Crippen molar-refractivity contribution in [2.24, 2.45) is 5.73 Å². The number of fused-ring (bicyclic) bond motifs is 1. The number of carboxylic acid groups (broad SMARTS) is 1. The van der Waals surface area contributed by atoms with Crippen molar-refractivity contribution in [3.05, 3.63) is 48.0 Å². The number of nitrogens with zero attached hydrogens (tertiary/aromatic N) is 1. The lowest BCUT2D eigenvalue weighted by molar-refractivity contribution is -0.160. The van der Waals surface area contributed by atoms with E-state index in [-0.39, 0.29) is 0 Å². The van der Waals surface area contributed by atoms with Crippen LogP contribution in [-0.2, 0) is 14.4 Å². The Morgan fingerprint density at radius 1 is 1.38 bits per heavy atom. The van der Waals surface area contributed by atoms with Crippen molar-refractivity contribution < 1.29 is 19.5 Å². The Kier molecular flexibility index (Phi) is 4.33. The summed E-state index contributed by atoms with van der Waals surface area (Å²) in [5.41, 5.74) is 7.04. The number of aliphatic carboxylic acids is 1.